The van der Waals surface area contributed by atoms with Crippen LogP contribution in [-0.2, 0) is 9.59 Å². The first-order valence-electron chi connectivity index (χ1n) is 11.3. The van der Waals surface area contributed by atoms with E-state index >= 15 is 0 Å². The van der Waals surface area contributed by atoms with Gasteiger partial charge in [0.2, 0.25) is 5.91 Å². The number of anilines is 2. The van der Waals surface area contributed by atoms with Crippen LogP contribution in [0.25, 0.3) is 0 Å². The molecule has 0 spiro atoms. The van der Waals surface area contributed by atoms with Crippen molar-refractivity contribution in [3.63, 3.8) is 0 Å². The molecule has 1 N–H and O–H groups in total. The number of para-hydroxylation sites is 2. The lowest BCUT2D eigenvalue weighted by molar-refractivity contribution is -0.123. The van der Waals surface area contributed by atoms with Gasteiger partial charge in [0.15, 0.2) is 5.78 Å². The van der Waals surface area contributed by atoms with E-state index in [9.17, 15) is 9.59 Å². The number of nitrogens with zero attached hydrogens (tertiary/aromatic N) is 1. The molecule has 0 aromatic heterocycles. The van der Waals surface area contributed by atoms with E-state index in [2.05, 4.69) is 5.32 Å². The molecule has 1 heterocycles. The Hall–Kier alpha value is -2.59. The molecule has 0 radical (unpaired) electrons. The van der Waals surface area contributed by atoms with Gasteiger partial charge in [0.1, 0.15) is 0 Å². The van der Waals surface area contributed by atoms with Crippen molar-refractivity contribution in [2.45, 2.75) is 57.4 Å². The Bertz CT molecular complexity index is 1040. The van der Waals surface area contributed by atoms with E-state index in [1.165, 1.54) is 6.42 Å². The molecule has 1 atom stereocenters. The predicted molar refractivity (Wildman–Crippen MR) is 124 cm³/mol. The number of hydrogen-bond acceptors (Lipinski definition) is 3. The molecule has 0 bridgehead atoms. The van der Waals surface area contributed by atoms with Crippen LogP contribution in [-0.4, -0.2) is 11.7 Å². The summed E-state index contributed by atoms with van der Waals surface area (Å²) in [4.78, 5) is 29.2. The number of rotatable bonds is 2. The molecule has 31 heavy (non-hydrogen) atoms. The van der Waals surface area contributed by atoms with Crippen molar-refractivity contribution in [2.24, 2.45) is 5.92 Å². The highest BCUT2D eigenvalue weighted by molar-refractivity contribution is 6.30. The highest BCUT2D eigenvalue weighted by Crippen LogP contribution is 2.46. The van der Waals surface area contributed by atoms with Crippen molar-refractivity contribution < 1.29 is 9.59 Å². The summed E-state index contributed by atoms with van der Waals surface area (Å²) in [5.74, 6) is 0.251. The van der Waals surface area contributed by atoms with E-state index in [1.807, 2.05) is 53.4 Å². The Morgan fingerprint density at radius 2 is 1.68 bits per heavy atom. The van der Waals surface area contributed by atoms with Crippen LogP contribution in [0.4, 0.5) is 11.4 Å². The van der Waals surface area contributed by atoms with E-state index < -0.39 is 6.04 Å². The van der Waals surface area contributed by atoms with Crippen molar-refractivity contribution in [3.05, 3.63) is 70.4 Å². The molecule has 1 amide bonds. The summed E-state index contributed by atoms with van der Waals surface area (Å²) < 4.78 is 0. The third kappa shape index (κ3) is 3.78. The summed E-state index contributed by atoms with van der Waals surface area (Å²) in [7, 11) is 0. The standard InChI is InChI=1S/C26H27ClN2O2/c27-19-15-13-17(14-16-19)25-24-21(10-6-12-23(24)30)28-20-9-4-5-11-22(20)29(25)26(31)18-7-2-1-3-8-18/h4-5,9,11,13-16,18,25,28H,1-3,6-8,10,12H2. The lowest BCUT2D eigenvalue weighted by atomic mass is 9.83. The first-order chi connectivity index (χ1) is 15.1. The zero-order valence-electron chi connectivity index (χ0n) is 17.6. The minimum Gasteiger partial charge on any atom is -0.357 e. The van der Waals surface area contributed by atoms with Gasteiger partial charge in [0, 0.05) is 28.6 Å². The van der Waals surface area contributed by atoms with Gasteiger partial charge in [-0.25, -0.2) is 0 Å². The Balaban J connectivity index is 1.72. The second kappa shape index (κ2) is 8.51. The van der Waals surface area contributed by atoms with E-state index in [-0.39, 0.29) is 17.6 Å². The first kappa shape index (κ1) is 20.3. The molecule has 2 aromatic carbocycles. The maximum Gasteiger partial charge on any atom is 0.231 e. The van der Waals surface area contributed by atoms with Crippen molar-refractivity contribution in [3.8, 4) is 0 Å². The summed E-state index contributed by atoms with van der Waals surface area (Å²) in [5.41, 5.74) is 4.34. The van der Waals surface area contributed by atoms with E-state index in [1.54, 1.807) is 0 Å². The molecule has 3 aliphatic rings. The number of ketones is 1. The highest BCUT2D eigenvalue weighted by atomic mass is 35.5. The number of nitrogens with one attached hydrogen (secondary N) is 1. The maximum atomic E-state index is 14.0. The fourth-order valence-electron chi connectivity index (χ4n) is 5.28. The predicted octanol–water partition coefficient (Wildman–Crippen LogP) is 6.43. The molecule has 5 rings (SSSR count). The van der Waals surface area contributed by atoms with E-state index in [0.717, 1.165) is 66.7 Å². The third-order valence-electron chi connectivity index (χ3n) is 6.81. The van der Waals surface area contributed by atoms with Gasteiger partial charge in [0.25, 0.3) is 0 Å². The van der Waals surface area contributed by atoms with Gasteiger partial charge in [-0.05, 0) is 55.5 Å². The second-order valence-electron chi connectivity index (χ2n) is 8.81. The Morgan fingerprint density at radius 3 is 2.45 bits per heavy atom. The summed E-state index contributed by atoms with van der Waals surface area (Å²) in [6, 6.07) is 15.1. The molecular formula is C26H27ClN2O2. The van der Waals surface area contributed by atoms with Gasteiger partial charge < -0.3 is 5.32 Å². The van der Waals surface area contributed by atoms with Crippen LogP contribution >= 0.6 is 11.6 Å². The number of amides is 1. The largest absolute Gasteiger partial charge is 0.357 e. The average molecular weight is 435 g/mol. The minimum atomic E-state index is -0.439. The SMILES string of the molecule is O=C1CCCC2=C1C(c1ccc(Cl)cc1)N(C(=O)C1CCCCC1)c1ccccc1N2. The van der Waals surface area contributed by atoms with E-state index in [4.69, 9.17) is 11.6 Å². The van der Waals surface area contributed by atoms with Crippen LogP contribution in [0.3, 0.4) is 0 Å². The van der Waals surface area contributed by atoms with Crippen molar-refractivity contribution >= 4 is 34.7 Å². The highest BCUT2D eigenvalue weighted by Gasteiger charge is 2.41. The number of carbonyl (C=O) groups is 2. The van der Waals surface area contributed by atoms with Gasteiger partial charge in [-0.1, -0.05) is 55.1 Å². The van der Waals surface area contributed by atoms with Gasteiger partial charge in [-0.3, -0.25) is 14.5 Å². The fourth-order valence-corrected chi connectivity index (χ4v) is 5.41. The lowest BCUT2D eigenvalue weighted by Gasteiger charge is -2.37. The topological polar surface area (TPSA) is 49.4 Å². The van der Waals surface area contributed by atoms with Crippen molar-refractivity contribution in [1.29, 1.82) is 0 Å². The maximum absolute atomic E-state index is 14.0. The Labute approximate surface area is 188 Å². The van der Waals surface area contributed by atoms with Gasteiger partial charge in [-0.15, -0.1) is 0 Å². The summed E-state index contributed by atoms with van der Waals surface area (Å²) in [6.07, 6.45) is 7.35. The molecule has 1 unspecified atom stereocenters. The number of Topliss-reactive ketones (excluding diaryl/α,β-unsaturated/α-hetero) is 1. The molecule has 5 heteroatoms. The molecular weight excluding hydrogens is 408 g/mol. The van der Waals surface area contributed by atoms with Crippen LogP contribution in [0, 0.1) is 5.92 Å². The van der Waals surface area contributed by atoms with Crippen LogP contribution < -0.4 is 10.2 Å². The summed E-state index contributed by atoms with van der Waals surface area (Å²) in [5, 5.41) is 4.17. The molecule has 1 fully saturated rings. The van der Waals surface area contributed by atoms with Crippen LogP contribution in [0.1, 0.15) is 63.0 Å². The smallest absolute Gasteiger partial charge is 0.231 e. The van der Waals surface area contributed by atoms with E-state index in [0.29, 0.717) is 11.4 Å². The lowest BCUT2D eigenvalue weighted by Crippen LogP contribution is -2.42. The molecule has 2 aromatic rings. The molecule has 4 nitrogen and oxygen atoms in total. The zero-order valence-corrected chi connectivity index (χ0v) is 18.3. The Morgan fingerprint density at radius 1 is 0.935 bits per heavy atom. The number of allylic oxidation sites excluding steroid dienone is 1. The number of hydrogen-bond donors (Lipinski definition) is 1. The third-order valence-corrected chi connectivity index (χ3v) is 7.07. The van der Waals surface area contributed by atoms with Crippen LogP contribution in [0.2, 0.25) is 5.02 Å². The Kier molecular flexibility index (Phi) is 5.58. The minimum absolute atomic E-state index is 0.00236. The van der Waals surface area contributed by atoms with Crippen molar-refractivity contribution in [2.75, 3.05) is 10.2 Å². The number of fused-ring (bicyclic) bond motifs is 1. The summed E-state index contributed by atoms with van der Waals surface area (Å²) >= 11 is 6.18. The molecule has 1 saturated carbocycles. The molecule has 2 aliphatic carbocycles. The summed E-state index contributed by atoms with van der Waals surface area (Å²) in [6.45, 7) is 0. The monoisotopic (exact) mass is 434 g/mol. The molecule has 1 aliphatic heterocycles. The van der Waals surface area contributed by atoms with Crippen LogP contribution in [0.15, 0.2) is 59.8 Å². The fraction of sp³-hybridized carbons (Fsp3) is 0.385. The van der Waals surface area contributed by atoms with Gasteiger partial charge >= 0.3 is 0 Å². The average Bonchev–Trinajstić information content (AvgIpc) is 2.95. The normalized spacial score (nSPS) is 21.8. The number of benzene rings is 2. The molecule has 0 saturated heterocycles. The first-order valence-corrected chi connectivity index (χ1v) is 11.7. The van der Waals surface area contributed by atoms with Gasteiger partial charge in [0.05, 0.1) is 17.4 Å². The van der Waals surface area contributed by atoms with Crippen molar-refractivity contribution in [1.82, 2.24) is 0 Å². The zero-order chi connectivity index (χ0) is 21.4. The molecule has 160 valence electrons. The van der Waals surface area contributed by atoms with Gasteiger partial charge in [-0.2, -0.15) is 0 Å². The van der Waals surface area contributed by atoms with Crippen LogP contribution in [0.5, 0.6) is 0 Å². The second-order valence-corrected chi connectivity index (χ2v) is 9.24. The number of halogens is 1. The quantitative estimate of drug-likeness (QED) is 0.592. The number of carbonyl (C=O) groups excluding carboxylic acids is 2.